The Balaban J connectivity index is 1.81. The minimum atomic E-state index is -0.492. The molecule has 0 saturated carbocycles. The standard InChI is InChI=1S/C25H22N4O4/c1-3-17(2)33-23-14-13-18(15-22(23)29(31)32)16-26-28-24(19-9-5-4-6-10-19)27-21-12-8-7-11-20(21)25(28)30/h4-17H,3H2,1-2H3/t17-/m0/s1. The Bertz CT molecular complexity index is 1400. The van der Waals surface area contributed by atoms with Gasteiger partial charge in [-0.25, -0.2) is 4.98 Å². The van der Waals surface area contributed by atoms with Gasteiger partial charge in [0, 0.05) is 17.2 Å². The Morgan fingerprint density at radius 1 is 1.12 bits per heavy atom. The van der Waals surface area contributed by atoms with Gasteiger partial charge in [-0.05, 0) is 37.6 Å². The molecule has 0 radical (unpaired) electrons. The molecule has 1 atom stereocenters. The zero-order chi connectivity index (χ0) is 23.4. The van der Waals surface area contributed by atoms with E-state index in [1.54, 1.807) is 30.3 Å². The van der Waals surface area contributed by atoms with Crippen molar-refractivity contribution < 1.29 is 9.66 Å². The Morgan fingerprint density at radius 2 is 1.85 bits per heavy atom. The van der Waals surface area contributed by atoms with Gasteiger partial charge >= 0.3 is 5.69 Å². The predicted molar refractivity (Wildman–Crippen MR) is 128 cm³/mol. The lowest BCUT2D eigenvalue weighted by atomic mass is 10.2. The predicted octanol–water partition coefficient (Wildman–Crippen LogP) is 5.03. The van der Waals surface area contributed by atoms with Crippen LogP contribution in [-0.4, -0.2) is 26.9 Å². The number of hydrogen-bond donors (Lipinski definition) is 0. The third-order valence-corrected chi connectivity index (χ3v) is 5.19. The van der Waals surface area contributed by atoms with Crippen molar-refractivity contribution in [1.29, 1.82) is 0 Å². The van der Waals surface area contributed by atoms with Crippen molar-refractivity contribution in [3.63, 3.8) is 0 Å². The van der Waals surface area contributed by atoms with Gasteiger partial charge in [0.1, 0.15) is 0 Å². The first-order valence-electron chi connectivity index (χ1n) is 10.5. The summed E-state index contributed by atoms with van der Waals surface area (Å²) in [6.07, 6.45) is 1.98. The Morgan fingerprint density at radius 3 is 2.58 bits per heavy atom. The van der Waals surface area contributed by atoms with Crippen molar-refractivity contribution in [3.8, 4) is 17.1 Å². The van der Waals surface area contributed by atoms with Crippen LogP contribution < -0.4 is 10.3 Å². The fourth-order valence-corrected chi connectivity index (χ4v) is 3.29. The summed E-state index contributed by atoms with van der Waals surface area (Å²) in [6.45, 7) is 3.79. The first-order chi connectivity index (χ1) is 16.0. The van der Waals surface area contributed by atoms with Gasteiger partial charge in [0.2, 0.25) is 0 Å². The minimum Gasteiger partial charge on any atom is -0.484 e. The van der Waals surface area contributed by atoms with Gasteiger partial charge in [-0.15, -0.1) is 0 Å². The first kappa shape index (κ1) is 21.9. The monoisotopic (exact) mass is 442 g/mol. The summed E-state index contributed by atoms with van der Waals surface area (Å²) in [5.41, 5.74) is 1.25. The molecule has 0 aliphatic rings. The van der Waals surface area contributed by atoms with E-state index in [9.17, 15) is 14.9 Å². The molecule has 8 heteroatoms. The summed E-state index contributed by atoms with van der Waals surface area (Å²) in [4.78, 5) is 28.9. The summed E-state index contributed by atoms with van der Waals surface area (Å²) in [5, 5.41) is 16.4. The van der Waals surface area contributed by atoms with Gasteiger partial charge in [-0.2, -0.15) is 9.78 Å². The Hall–Kier alpha value is -4.33. The van der Waals surface area contributed by atoms with Crippen LogP contribution in [0.2, 0.25) is 0 Å². The summed E-state index contributed by atoms with van der Waals surface area (Å²) in [6, 6.07) is 20.9. The van der Waals surface area contributed by atoms with Gasteiger partial charge < -0.3 is 4.74 Å². The Kier molecular flexibility index (Phi) is 6.26. The number of para-hydroxylation sites is 1. The third-order valence-electron chi connectivity index (χ3n) is 5.19. The van der Waals surface area contributed by atoms with Crippen LogP contribution in [0.3, 0.4) is 0 Å². The summed E-state index contributed by atoms with van der Waals surface area (Å²) >= 11 is 0. The summed E-state index contributed by atoms with van der Waals surface area (Å²) in [7, 11) is 0. The van der Waals surface area contributed by atoms with Gasteiger partial charge in [0.05, 0.1) is 28.1 Å². The van der Waals surface area contributed by atoms with Gasteiger partial charge in [0.25, 0.3) is 5.56 Å². The average molecular weight is 442 g/mol. The molecular formula is C25H22N4O4. The maximum atomic E-state index is 13.2. The van der Waals surface area contributed by atoms with Crippen LogP contribution in [0.25, 0.3) is 22.3 Å². The molecule has 166 valence electrons. The van der Waals surface area contributed by atoms with Gasteiger partial charge in [0.15, 0.2) is 11.6 Å². The first-order valence-corrected chi connectivity index (χ1v) is 10.5. The number of hydrogen-bond acceptors (Lipinski definition) is 6. The van der Waals surface area contributed by atoms with Crippen molar-refractivity contribution in [1.82, 2.24) is 9.66 Å². The maximum absolute atomic E-state index is 13.2. The zero-order valence-corrected chi connectivity index (χ0v) is 18.2. The molecule has 0 aliphatic carbocycles. The van der Waals surface area contributed by atoms with E-state index >= 15 is 0 Å². The lowest BCUT2D eigenvalue weighted by Crippen LogP contribution is -2.20. The molecule has 0 amide bonds. The van der Waals surface area contributed by atoms with Crippen molar-refractivity contribution >= 4 is 22.8 Å². The van der Waals surface area contributed by atoms with E-state index < -0.39 is 4.92 Å². The van der Waals surface area contributed by atoms with E-state index in [2.05, 4.69) is 10.1 Å². The molecule has 4 rings (SSSR count). The molecule has 0 saturated heterocycles. The van der Waals surface area contributed by atoms with Crippen LogP contribution in [-0.2, 0) is 0 Å². The molecule has 1 heterocycles. The van der Waals surface area contributed by atoms with Gasteiger partial charge in [-0.3, -0.25) is 14.9 Å². The molecule has 3 aromatic carbocycles. The van der Waals surface area contributed by atoms with Crippen molar-refractivity contribution in [2.24, 2.45) is 5.10 Å². The fourth-order valence-electron chi connectivity index (χ4n) is 3.29. The van der Waals surface area contributed by atoms with Crippen LogP contribution in [0.1, 0.15) is 25.8 Å². The second-order valence-corrected chi connectivity index (χ2v) is 7.50. The molecule has 0 spiro atoms. The molecule has 0 fully saturated rings. The van der Waals surface area contributed by atoms with E-state index in [1.165, 1.54) is 17.0 Å². The minimum absolute atomic E-state index is 0.154. The summed E-state index contributed by atoms with van der Waals surface area (Å²) < 4.78 is 6.88. The fraction of sp³-hybridized carbons (Fsp3) is 0.160. The number of benzene rings is 3. The molecular weight excluding hydrogens is 420 g/mol. The van der Waals surface area contributed by atoms with Gasteiger partial charge in [-0.1, -0.05) is 49.4 Å². The van der Waals surface area contributed by atoms with Crippen LogP contribution in [0.4, 0.5) is 5.69 Å². The van der Waals surface area contributed by atoms with Crippen molar-refractivity contribution in [3.05, 3.63) is 98.8 Å². The smallest absolute Gasteiger partial charge is 0.311 e. The van der Waals surface area contributed by atoms with E-state index in [0.717, 1.165) is 12.0 Å². The van der Waals surface area contributed by atoms with Crippen molar-refractivity contribution in [2.45, 2.75) is 26.4 Å². The normalized spacial score (nSPS) is 12.2. The molecule has 4 aromatic rings. The summed E-state index contributed by atoms with van der Waals surface area (Å²) in [5.74, 6) is 0.572. The third kappa shape index (κ3) is 4.64. The van der Waals surface area contributed by atoms with E-state index in [-0.39, 0.29) is 23.1 Å². The number of aromatic nitrogens is 2. The largest absolute Gasteiger partial charge is 0.484 e. The highest BCUT2D eigenvalue weighted by molar-refractivity contribution is 5.83. The van der Waals surface area contributed by atoms with Crippen LogP contribution in [0.15, 0.2) is 82.7 Å². The highest BCUT2D eigenvalue weighted by Gasteiger charge is 2.18. The SMILES string of the molecule is CC[C@H](C)Oc1ccc(C=Nn2c(-c3ccccc3)nc3ccccc3c2=O)cc1[N+](=O)[O-]. The van der Waals surface area contributed by atoms with E-state index in [1.807, 2.05) is 50.2 Å². The molecule has 0 N–H and O–H groups in total. The molecule has 0 aliphatic heterocycles. The number of nitro benzene ring substituents is 1. The lowest BCUT2D eigenvalue weighted by molar-refractivity contribution is -0.386. The molecule has 1 aromatic heterocycles. The molecule has 8 nitrogen and oxygen atoms in total. The average Bonchev–Trinajstić information content (AvgIpc) is 2.84. The number of ether oxygens (including phenoxy) is 1. The van der Waals surface area contributed by atoms with Crippen LogP contribution in [0, 0.1) is 10.1 Å². The second kappa shape index (κ2) is 9.44. The quantitative estimate of drug-likeness (QED) is 0.227. The lowest BCUT2D eigenvalue weighted by Gasteiger charge is -2.12. The topological polar surface area (TPSA) is 99.6 Å². The Labute approximate surface area is 189 Å². The number of nitrogens with zero attached hydrogens (tertiary/aromatic N) is 4. The highest BCUT2D eigenvalue weighted by Crippen LogP contribution is 2.29. The van der Waals surface area contributed by atoms with E-state index in [4.69, 9.17) is 4.74 Å². The second-order valence-electron chi connectivity index (χ2n) is 7.50. The van der Waals surface area contributed by atoms with Crippen molar-refractivity contribution in [2.75, 3.05) is 0 Å². The maximum Gasteiger partial charge on any atom is 0.311 e. The van der Waals surface area contributed by atoms with Crippen LogP contribution in [0.5, 0.6) is 5.75 Å². The number of rotatable bonds is 7. The molecule has 0 bridgehead atoms. The van der Waals surface area contributed by atoms with Crippen LogP contribution >= 0.6 is 0 Å². The molecule has 0 unspecified atom stereocenters. The molecule has 33 heavy (non-hydrogen) atoms. The number of fused-ring (bicyclic) bond motifs is 1. The van der Waals surface area contributed by atoms with E-state index in [0.29, 0.717) is 22.3 Å². The highest BCUT2D eigenvalue weighted by atomic mass is 16.6. The zero-order valence-electron chi connectivity index (χ0n) is 18.2. The number of nitro groups is 1.